The average Bonchev–Trinajstić information content (AvgIpc) is 2.63. The molecule has 0 aliphatic carbocycles. The molecule has 0 N–H and O–H groups in total. The van der Waals surface area contributed by atoms with Crippen molar-refractivity contribution in [2.24, 2.45) is 0 Å². The predicted octanol–water partition coefficient (Wildman–Crippen LogP) is 2.63. The van der Waals surface area contributed by atoms with Crippen LogP contribution in [0.25, 0.3) is 0 Å². The van der Waals surface area contributed by atoms with E-state index in [9.17, 15) is 0 Å². The van der Waals surface area contributed by atoms with Crippen LogP contribution in [0.3, 0.4) is 0 Å². The predicted molar refractivity (Wildman–Crippen MR) is 113 cm³/mol. The molecule has 6 nitrogen and oxygen atoms in total. The van der Waals surface area contributed by atoms with Gasteiger partial charge in [-0.05, 0) is 79.0 Å². The van der Waals surface area contributed by atoms with Crippen LogP contribution < -0.4 is 0 Å². The van der Waals surface area contributed by atoms with Gasteiger partial charge in [0.2, 0.25) is 0 Å². The Balaban J connectivity index is 4.46. The summed E-state index contributed by atoms with van der Waals surface area (Å²) in [6.45, 7) is 12.3. The van der Waals surface area contributed by atoms with Crippen molar-refractivity contribution in [2.75, 3.05) is 81.2 Å². The van der Waals surface area contributed by atoms with Crippen LogP contribution in [0, 0.1) is 0 Å². The lowest BCUT2D eigenvalue weighted by Crippen LogP contribution is -2.46. The molecular weight excluding hydrogens is 346 g/mol. The monoisotopic (exact) mass is 391 g/mol. The number of nitrogens with zero attached hydrogens (tertiary/aromatic N) is 3. The van der Waals surface area contributed by atoms with Crippen molar-refractivity contribution in [3.8, 4) is 0 Å². The standard InChI is InChI=1S/C19H45N3O3Si/c1-8-12-20(3)14-10-16-22(17-11-15-21(4)13-9-2)18-19-26(23-5,24-6)25-7/h8-19H2,1-7H3. The fourth-order valence-corrected chi connectivity index (χ4v) is 5.00. The van der Waals surface area contributed by atoms with Gasteiger partial charge in [-0.25, -0.2) is 0 Å². The van der Waals surface area contributed by atoms with Crippen molar-refractivity contribution in [1.29, 1.82) is 0 Å². The summed E-state index contributed by atoms with van der Waals surface area (Å²) in [6, 6.07) is 0.839. The van der Waals surface area contributed by atoms with Crippen molar-refractivity contribution >= 4 is 8.80 Å². The zero-order chi connectivity index (χ0) is 19.8. The Kier molecular flexibility index (Phi) is 16.0. The molecule has 0 fully saturated rings. The van der Waals surface area contributed by atoms with E-state index in [-0.39, 0.29) is 0 Å². The minimum absolute atomic E-state index is 0.839. The molecule has 7 heteroatoms. The van der Waals surface area contributed by atoms with Gasteiger partial charge in [0, 0.05) is 33.9 Å². The van der Waals surface area contributed by atoms with Gasteiger partial charge in [-0.3, -0.25) is 0 Å². The molecule has 158 valence electrons. The summed E-state index contributed by atoms with van der Waals surface area (Å²) in [5.74, 6) is 0. The van der Waals surface area contributed by atoms with Gasteiger partial charge in [-0.15, -0.1) is 0 Å². The number of hydrogen-bond acceptors (Lipinski definition) is 6. The van der Waals surface area contributed by atoms with Gasteiger partial charge in [-0.2, -0.15) is 0 Å². The molecule has 0 saturated carbocycles. The lowest BCUT2D eigenvalue weighted by molar-refractivity contribution is 0.117. The fourth-order valence-electron chi connectivity index (χ4n) is 3.30. The Bertz CT molecular complexity index is 294. The normalized spacial score (nSPS) is 12.7. The number of hydrogen-bond donors (Lipinski definition) is 0. The largest absolute Gasteiger partial charge is 0.501 e. The van der Waals surface area contributed by atoms with E-state index in [1.165, 1.54) is 38.8 Å². The van der Waals surface area contributed by atoms with Crippen LogP contribution >= 0.6 is 0 Å². The zero-order valence-electron chi connectivity index (χ0n) is 18.6. The highest BCUT2D eigenvalue weighted by Crippen LogP contribution is 2.14. The zero-order valence-corrected chi connectivity index (χ0v) is 19.6. The van der Waals surface area contributed by atoms with E-state index in [1.807, 2.05) is 0 Å². The molecule has 0 amide bonds. The van der Waals surface area contributed by atoms with E-state index in [2.05, 4.69) is 42.6 Å². The molecule has 0 atom stereocenters. The van der Waals surface area contributed by atoms with Crippen LogP contribution in [0.2, 0.25) is 6.04 Å². The molecule has 0 saturated heterocycles. The molecule has 0 aliphatic heterocycles. The van der Waals surface area contributed by atoms with Crippen molar-refractivity contribution in [3.63, 3.8) is 0 Å². The van der Waals surface area contributed by atoms with Crippen LogP contribution in [-0.4, -0.2) is 105 Å². The van der Waals surface area contributed by atoms with Crippen LogP contribution in [0.5, 0.6) is 0 Å². The summed E-state index contributed by atoms with van der Waals surface area (Å²) in [6.07, 6.45) is 4.83. The van der Waals surface area contributed by atoms with E-state index in [0.29, 0.717) is 0 Å². The molecule has 0 heterocycles. The van der Waals surface area contributed by atoms with Gasteiger partial charge in [0.05, 0.1) is 0 Å². The molecular formula is C19H45N3O3Si. The Labute approximate surface area is 164 Å². The minimum atomic E-state index is -2.49. The molecule has 0 unspecified atom stereocenters. The summed E-state index contributed by atoms with van der Waals surface area (Å²) in [7, 11) is 7.03. The Morgan fingerprint density at radius 1 is 0.615 bits per heavy atom. The van der Waals surface area contributed by atoms with Crippen LogP contribution in [0.1, 0.15) is 39.5 Å². The Morgan fingerprint density at radius 3 is 1.38 bits per heavy atom. The van der Waals surface area contributed by atoms with Gasteiger partial charge in [0.1, 0.15) is 0 Å². The molecule has 0 aromatic carbocycles. The minimum Gasteiger partial charge on any atom is -0.377 e. The van der Waals surface area contributed by atoms with Crippen molar-refractivity contribution in [2.45, 2.75) is 45.6 Å². The van der Waals surface area contributed by atoms with E-state index < -0.39 is 8.80 Å². The fraction of sp³-hybridized carbons (Fsp3) is 1.00. The van der Waals surface area contributed by atoms with Gasteiger partial charge in [0.25, 0.3) is 0 Å². The first kappa shape index (κ1) is 26.0. The maximum atomic E-state index is 5.59. The van der Waals surface area contributed by atoms with E-state index in [0.717, 1.165) is 38.8 Å². The van der Waals surface area contributed by atoms with Crippen molar-refractivity contribution < 1.29 is 13.3 Å². The first-order valence-electron chi connectivity index (χ1n) is 10.2. The van der Waals surface area contributed by atoms with Gasteiger partial charge < -0.3 is 28.0 Å². The van der Waals surface area contributed by atoms with Crippen LogP contribution in [-0.2, 0) is 13.3 Å². The average molecular weight is 392 g/mol. The molecule has 0 aromatic heterocycles. The molecule has 0 radical (unpaired) electrons. The first-order chi connectivity index (χ1) is 12.5. The van der Waals surface area contributed by atoms with Gasteiger partial charge in [-0.1, -0.05) is 13.8 Å². The number of rotatable bonds is 18. The molecule has 0 aliphatic rings. The lowest BCUT2D eigenvalue weighted by atomic mass is 10.3. The molecule has 0 rings (SSSR count). The van der Waals surface area contributed by atoms with Crippen LogP contribution in [0.4, 0.5) is 0 Å². The summed E-state index contributed by atoms with van der Waals surface area (Å²) in [5, 5.41) is 0. The molecule has 26 heavy (non-hydrogen) atoms. The SMILES string of the molecule is CCCN(C)CCCN(CCCN(C)CCC)CC[Si](OC)(OC)OC. The second kappa shape index (κ2) is 16.0. The highest BCUT2D eigenvalue weighted by Gasteiger charge is 2.37. The van der Waals surface area contributed by atoms with Crippen LogP contribution in [0.15, 0.2) is 0 Å². The van der Waals surface area contributed by atoms with E-state index in [1.54, 1.807) is 21.3 Å². The van der Waals surface area contributed by atoms with E-state index >= 15 is 0 Å². The summed E-state index contributed by atoms with van der Waals surface area (Å²) in [5.41, 5.74) is 0. The van der Waals surface area contributed by atoms with Gasteiger partial charge >= 0.3 is 8.80 Å². The Hall–Kier alpha value is -0.0231. The first-order valence-corrected chi connectivity index (χ1v) is 12.1. The summed E-state index contributed by atoms with van der Waals surface area (Å²) in [4.78, 5) is 7.40. The maximum Gasteiger partial charge on any atom is 0.501 e. The second-order valence-corrected chi connectivity index (χ2v) is 10.3. The molecule has 0 spiro atoms. The smallest absolute Gasteiger partial charge is 0.377 e. The summed E-state index contributed by atoms with van der Waals surface area (Å²) < 4.78 is 16.8. The molecule has 0 bridgehead atoms. The third kappa shape index (κ3) is 11.6. The van der Waals surface area contributed by atoms with Crippen molar-refractivity contribution in [3.05, 3.63) is 0 Å². The quantitative estimate of drug-likeness (QED) is 0.334. The maximum absolute atomic E-state index is 5.59. The summed E-state index contributed by atoms with van der Waals surface area (Å²) >= 11 is 0. The Morgan fingerprint density at radius 2 is 1.04 bits per heavy atom. The van der Waals surface area contributed by atoms with Gasteiger partial charge in [0.15, 0.2) is 0 Å². The molecule has 0 aromatic rings. The van der Waals surface area contributed by atoms with Crippen molar-refractivity contribution in [1.82, 2.24) is 14.7 Å². The third-order valence-corrected chi connectivity index (χ3v) is 7.61. The highest BCUT2D eigenvalue weighted by atomic mass is 28.4. The lowest BCUT2D eigenvalue weighted by Gasteiger charge is -2.29. The third-order valence-electron chi connectivity index (χ3n) is 4.91. The van der Waals surface area contributed by atoms with E-state index in [4.69, 9.17) is 13.3 Å². The second-order valence-electron chi connectivity index (χ2n) is 7.20. The highest BCUT2D eigenvalue weighted by molar-refractivity contribution is 6.60. The topological polar surface area (TPSA) is 37.4 Å².